The predicted octanol–water partition coefficient (Wildman–Crippen LogP) is 2.99. The van der Waals surface area contributed by atoms with Gasteiger partial charge in [-0.15, -0.1) is 0 Å². The highest BCUT2D eigenvalue weighted by molar-refractivity contribution is 7.92. The third-order valence-electron chi connectivity index (χ3n) is 7.84. The Morgan fingerprint density at radius 1 is 1.09 bits per heavy atom. The maximum absolute atomic E-state index is 13.8. The summed E-state index contributed by atoms with van der Waals surface area (Å²) >= 11 is 0. The van der Waals surface area contributed by atoms with Gasteiger partial charge in [-0.3, -0.25) is 20.3 Å². The van der Waals surface area contributed by atoms with E-state index in [0.717, 1.165) is 24.0 Å². The lowest BCUT2D eigenvalue weighted by Crippen LogP contribution is -2.60. The monoisotopic (exact) mass is 628 g/mol. The molecule has 2 amide bonds. The topological polar surface area (TPSA) is 137 Å². The Morgan fingerprint density at radius 3 is 2.43 bits per heavy atom. The molecule has 1 aliphatic carbocycles. The Hall–Kier alpha value is -2.99. The van der Waals surface area contributed by atoms with Crippen molar-refractivity contribution < 1.29 is 27.9 Å². The zero-order chi connectivity index (χ0) is 32.1. The number of benzene rings is 2. The number of nitrogens with zero attached hydrogens (tertiary/aromatic N) is 1. The van der Waals surface area contributed by atoms with Crippen molar-refractivity contribution in [3.05, 3.63) is 59.7 Å². The first-order valence-corrected chi connectivity index (χ1v) is 17.1. The van der Waals surface area contributed by atoms with Crippen molar-refractivity contribution >= 4 is 21.7 Å². The first kappa shape index (κ1) is 33.9. The number of sulfone groups is 1. The molecule has 44 heavy (non-hydrogen) atoms. The van der Waals surface area contributed by atoms with E-state index in [1.54, 1.807) is 18.2 Å². The lowest BCUT2D eigenvalue weighted by molar-refractivity contribution is -0.149. The van der Waals surface area contributed by atoms with E-state index in [9.17, 15) is 23.1 Å². The van der Waals surface area contributed by atoms with E-state index in [4.69, 9.17) is 4.74 Å². The second-order valence-corrected chi connectivity index (χ2v) is 15.6. The molecule has 2 aromatic rings. The Bertz CT molecular complexity index is 1390. The molecule has 0 bridgehead atoms. The Balaban J connectivity index is 1.58. The van der Waals surface area contributed by atoms with E-state index in [1.165, 1.54) is 5.01 Å². The van der Waals surface area contributed by atoms with Crippen molar-refractivity contribution in [3.63, 3.8) is 0 Å². The fourth-order valence-electron chi connectivity index (χ4n) is 5.39. The standard InChI is InChI=1S/C33H48N4O6S/c1-22(2)32(44(41,42)26-13-14-29-24(18-26)15-16-43-29)35-20-28(38)27(17-23-9-7-6-8-10-23)37(31(40)19-33(3,4)5)36-30(39)21-34-25-11-12-25/h6-10,13-14,18,22,25,27-28,32,34-35,38H,11-12,15-17,19-21H2,1-5H3,(H,36,39)/t27?,28-,32?/m1/s1. The number of fused-ring (bicyclic) bond motifs is 1. The van der Waals surface area contributed by atoms with Gasteiger partial charge in [-0.05, 0) is 59.9 Å². The van der Waals surface area contributed by atoms with Gasteiger partial charge in [0.1, 0.15) is 11.1 Å². The van der Waals surface area contributed by atoms with Crippen LogP contribution in [0.3, 0.4) is 0 Å². The van der Waals surface area contributed by atoms with Crippen LogP contribution in [0, 0.1) is 11.3 Å². The van der Waals surface area contributed by atoms with Gasteiger partial charge < -0.3 is 15.2 Å². The van der Waals surface area contributed by atoms with Crippen molar-refractivity contribution in [1.82, 2.24) is 21.1 Å². The number of amides is 2. The van der Waals surface area contributed by atoms with Crippen LogP contribution in [0.5, 0.6) is 5.75 Å². The Kier molecular flexibility index (Phi) is 11.1. The Labute approximate surface area is 261 Å². The zero-order valence-corrected chi connectivity index (χ0v) is 27.3. The number of carbonyl (C=O) groups excluding carboxylic acids is 2. The van der Waals surface area contributed by atoms with E-state index in [0.29, 0.717) is 24.8 Å². The van der Waals surface area contributed by atoms with Gasteiger partial charge in [0.25, 0.3) is 5.91 Å². The van der Waals surface area contributed by atoms with Gasteiger partial charge in [0.2, 0.25) is 5.91 Å². The third kappa shape index (κ3) is 9.26. The number of aliphatic hydroxyl groups is 1. The van der Waals surface area contributed by atoms with E-state index >= 15 is 0 Å². The molecule has 2 aromatic carbocycles. The average Bonchev–Trinajstić information content (AvgIpc) is 3.67. The molecule has 11 heteroatoms. The van der Waals surface area contributed by atoms with Gasteiger partial charge >= 0.3 is 0 Å². The van der Waals surface area contributed by atoms with Crippen LogP contribution in [0.4, 0.5) is 0 Å². The molecule has 4 rings (SSSR count). The second-order valence-electron chi connectivity index (χ2n) is 13.5. The second kappa shape index (κ2) is 14.4. The summed E-state index contributed by atoms with van der Waals surface area (Å²) in [5, 5.41) is 18.2. The average molecular weight is 629 g/mol. The number of carbonyl (C=O) groups is 2. The highest BCUT2D eigenvalue weighted by atomic mass is 32.2. The van der Waals surface area contributed by atoms with Crippen LogP contribution in [-0.2, 0) is 32.3 Å². The van der Waals surface area contributed by atoms with Crippen LogP contribution in [0.2, 0.25) is 0 Å². The number of hydrogen-bond acceptors (Lipinski definition) is 8. The van der Waals surface area contributed by atoms with Crippen molar-refractivity contribution in [1.29, 1.82) is 0 Å². The molecule has 2 aliphatic rings. The summed E-state index contributed by atoms with van der Waals surface area (Å²) in [6.07, 6.45) is 1.86. The van der Waals surface area contributed by atoms with Gasteiger partial charge in [0.05, 0.1) is 30.2 Å². The summed E-state index contributed by atoms with van der Waals surface area (Å²) < 4.78 is 33.2. The molecular weight excluding hydrogens is 580 g/mol. The molecule has 0 radical (unpaired) electrons. The van der Waals surface area contributed by atoms with E-state index < -0.39 is 27.4 Å². The highest BCUT2D eigenvalue weighted by Gasteiger charge is 2.36. The van der Waals surface area contributed by atoms with Crippen LogP contribution in [-0.4, -0.2) is 73.6 Å². The van der Waals surface area contributed by atoms with Crippen LogP contribution >= 0.6 is 0 Å². The largest absolute Gasteiger partial charge is 0.493 e. The number of hydrogen-bond donors (Lipinski definition) is 4. The fourth-order valence-corrected chi connectivity index (χ4v) is 7.28. The van der Waals surface area contributed by atoms with Gasteiger partial charge in [0.15, 0.2) is 9.84 Å². The summed E-state index contributed by atoms with van der Waals surface area (Å²) in [7, 11) is -3.83. The molecule has 1 heterocycles. The van der Waals surface area contributed by atoms with Crippen LogP contribution < -0.4 is 20.8 Å². The normalized spacial score (nSPS) is 17.0. The summed E-state index contributed by atoms with van der Waals surface area (Å²) in [6, 6.07) is 13.8. The first-order chi connectivity index (χ1) is 20.7. The molecule has 4 N–H and O–H groups in total. The molecule has 3 atom stereocenters. The van der Waals surface area contributed by atoms with Crippen LogP contribution in [0.15, 0.2) is 53.4 Å². The molecule has 2 unspecified atom stereocenters. The van der Waals surface area contributed by atoms with Crippen molar-refractivity contribution in [2.45, 2.75) is 95.2 Å². The minimum atomic E-state index is -3.83. The molecule has 0 spiro atoms. The van der Waals surface area contributed by atoms with Crippen LogP contribution in [0.1, 0.15) is 65.0 Å². The summed E-state index contributed by atoms with van der Waals surface area (Å²) in [6.45, 7) is 9.89. The van der Waals surface area contributed by atoms with E-state index in [-0.39, 0.29) is 54.0 Å². The minimum absolute atomic E-state index is 0.0514. The van der Waals surface area contributed by atoms with Crippen LogP contribution in [0.25, 0.3) is 0 Å². The van der Waals surface area contributed by atoms with Gasteiger partial charge in [-0.2, -0.15) is 0 Å². The highest BCUT2D eigenvalue weighted by Crippen LogP contribution is 2.30. The van der Waals surface area contributed by atoms with Gasteiger partial charge in [-0.1, -0.05) is 65.0 Å². The number of aliphatic hydroxyl groups excluding tert-OH is 1. The SMILES string of the molecule is CC(C)C(NC[C@@H](O)C(Cc1ccccc1)N(NC(=O)CNC1CC1)C(=O)CC(C)(C)C)S(=O)(=O)c1ccc2c(c1)CCO2. The first-order valence-electron chi connectivity index (χ1n) is 15.5. The van der Waals surface area contributed by atoms with Gasteiger partial charge in [0, 0.05) is 25.4 Å². The summed E-state index contributed by atoms with van der Waals surface area (Å²) in [5.74, 6) is -0.325. The smallest absolute Gasteiger partial charge is 0.252 e. The molecule has 1 aliphatic heterocycles. The maximum Gasteiger partial charge on any atom is 0.252 e. The third-order valence-corrected chi connectivity index (χ3v) is 10.1. The molecule has 0 saturated heterocycles. The lowest BCUT2D eigenvalue weighted by atomic mass is 9.91. The minimum Gasteiger partial charge on any atom is -0.493 e. The Morgan fingerprint density at radius 2 is 1.80 bits per heavy atom. The number of ether oxygens (including phenoxy) is 1. The van der Waals surface area contributed by atoms with E-state index in [1.807, 2.05) is 65.0 Å². The maximum atomic E-state index is 13.8. The molecule has 10 nitrogen and oxygen atoms in total. The quantitative estimate of drug-likeness (QED) is 0.235. The van der Waals surface area contributed by atoms with Crippen molar-refractivity contribution in [2.75, 3.05) is 19.7 Å². The molecule has 0 aromatic heterocycles. The lowest BCUT2D eigenvalue weighted by Gasteiger charge is -2.37. The summed E-state index contributed by atoms with van der Waals surface area (Å²) in [5.41, 5.74) is 4.13. The molecule has 1 fully saturated rings. The number of nitrogens with one attached hydrogen (secondary N) is 3. The predicted molar refractivity (Wildman–Crippen MR) is 169 cm³/mol. The van der Waals surface area contributed by atoms with Crippen molar-refractivity contribution in [3.8, 4) is 5.75 Å². The van der Waals surface area contributed by atoms with E-state index in [2.05, 4.69) is 16.1 Å². The number of rotatable bonds is 14. The van der Waals surface area contributed by atoms with Crippen molar-refractivity contribution in [2.24, 2.45) is 11.3 Å². The number of hydrazine groups is 1. The molecular formula is C33H48N4O6S. The fraction of sp³-hybridized carbons (Fsp3) is 0.576. The van der Waals surface area contributed by atoms with Gasteiger partial charge in [-0.25, -0.2) is 13.4 Å². The molecule has 1 saturated carbocycles. The summed E-state index contributed by atoms with van der Waals surface area (Å²) in [4.78, 5) is 26.9. The molecule has 242 valence electrons. The zero-order valence-electron chi connectivity index (χ0n) is 26.5.